The lowest BCUT2D eigenvalue weighted by molar-refractivity contribution is -0.138. The SMILES string of the molecule is C[C@@]12C/C(=C\C(=O)O)[C@]3(CCO[C@H]4[C@@H]3[C@@H]1C(=O)N4c1ccc(C#N)c(C(F)(F)F)c1)O2. The molecule has 5 rings (SSSR count). The minimum absolute atomic E-state index is 0.0143. The third-order valence-electron chi connectivity index (χ3n) is 6.89. The normalized spacial score (nSPS) is 37.3. The topological polar surface area (TPSA) is 99.9 Å². The summed E-state index contributed by atoms with van der Waals surface area (Å²) in [4.78, 5) is 26.0. The number of carbonyl (C=O) groups is 2. The first-order valence-electron chi connectivity index (χ1n) is 9.72. The van der Waals surface area contributed by atoms with E-state index in [4.69, 9.17) is 14.7 Å². The van der Waals surface area contributed by atoms with Crippen LogP contribution in [0.4, 0.5) is 18.9 Å². The molecule has 4 fully saturated rings. The molecule has 0 radical (unpaired) electrons. The van der Waals surface area contributed by atoms with Gasteiger partial charge in [0.05, 0.1) is 41.2 Å². The van der Waals surface area contributed by atoms with Crippen LogP contribution in [0, 0.1) is 23.2 Å². The summed E-state index contributed by atoms with van der Waals surface area (Å²) >= 11 is 0. The minimum Gasteiger partial charge on any atom is -0.478 e. The standard InChI is InChI=1S/C21H17F3N2O5/c1-19-8-11(6-14(27)28)20(31-19)4-5-30-18-16(20)15(19)17(29)26(18)12-3-2-10(9-25)13(7-12)21(22,23)24/h2-3,6-7,15-16,18H,4-5,8H2,1H3,(H,27,28)/b11-6+/t15-,16+,18+,19-,20+/m1/s1. The summed E-state index contributed by atoms with van der Waals surface area (Å²) in [6.45, 7) is 1.89. The smallest absolute Gasteiger partial charge is 0.417 e. The molecular weight excluding hydrogens is 417 g/mol. The number of benzene rings is 1. The Morgan fingerprint density at radius 3 is 2.81 bits per heavy atom. The van der Waals surface area contributed by atoms with Crippen molar-refractivity contribution in [2.24, 2.45) is 11.8 Å². The molecule has 1 aromatic carbocycles. The van der Waals surface area contributed by atoms with Crippen LogP contribution in [0.3, 0.4) is 0 Å². The average molecular weight is 434 g/mol. The van der Waals surface area contributed by atoms with Gasteiger partial charge in [-0.15, -0.1) is 0 Å². The molecule has 0 aliphatic carbocycles. The Hall–Kier alpha value is -2.90. The number of nitrogens with zero attached hydrogens (tertiary/aromatic N) is 2. The van der Waals surface area contributed by atoms with Crippen molar-refractivity contribution < 1.29 is 37.3 Å². The second-order valence-electron chi connectivity index (χ2n) is 8.55. The van der Waals surface area contributed by atoms with E-state index in [0.717, 1.165) is 18.2 Å². The van der Waals surface area contributed by atoms with E-state index in [1.54, 1.807) is 6.92 Å². The van der Waals surface area contributed by atoms with Crippen LogP contribution < -0.4 is 4.90 Å². The van der Waals surface area contributed by atoms with Crippen molar-refractivity contribution in [1.82, 2.24) is 0 Å². The fourth-order valence-electron chi connectivity index (χ4n) is 5.89. The van der Waals surface area contributed by atoms with E-state index in [1.165, 1.54) is 17.0 Å². The summed E-state index contributed by atoms with van der Waals surface area (Å²) in [6.07, 6.45) is -3.92. The Kier molecular flexibility index (Phi) is 3.93. The lowest BCUT2D eigenvalue weighted by Crippen LogP contribution is -2.52. The second kappa shape index (κ2) is 6.08. The van der Waals surface area contributed by atoms with E-state index in [9.17, 15) is 27.9 Å². The Labute approximate surface area is 174 Å². The molecule has 1 amide bonds. The van der Waals surface area contributed by atoms with Gasteiger partial charge in [0.15, 0.2) is 0 Å². The number of fused-ring (bicyclic) bond motifs is 2. The molecule has 5 atom stereocenters. The zero-order chi connectivity index (χ0) is 22.3. The maximum atomic E-state index is 13.5. The number of ether oxygens (including phenoxy) is 2. The van der Waals surface area contributed by atoms with Gasteiger partial charge in [-0.2, -0.15) is 18.4 Å². The highest BCUT2D eigenvalue weighted by Gasteiger charge is 2.76. The number of aliphatic carboxylic acids is 1. The van der Waals surface area contributed by atoms with Gasteiger partial charge in [-0.1, -0.05) is 0 Å². The zero-order valence-electron chi connectivity index (χ0n) is 16.3. The van der Waals surface area contributed by atoms with Gasteiger partial charge < -0.3 is 14.6 Å². The van der Waals surface area contributed by atoms with Gasteiger partial charge in [0.25, 0.3) is 0 Å². The highest BCUT2D eigenvalue weighted by Crippen LogP contribution is 2.67. The molecule has 0 aromatic heterocycles. The Balaban J connectivity index is 1.63. The van der Waals surface area contributed by atoms with Crippen LogP contribution in [0.1, 0.15) is 30.9 Å². The number of hydrogen-bond acceptors (Lipinski definition) is 5. The number of alkyl halides is 3. The molecule has 0 saturated carbocycles. The number of rotatable bonds is 2. The Morgan fingerprint density at radius 2 is 2.16 bits per heavy atom. The summed E-state index contributed by atoms with van der Waals surface area (Å²) in [7, 11) is 0. The van der Waals surface area contributed by atoms with E-state index in [-0.39, 0.29) is 18.7 Å². The summed E-state index contributed by atoms with van der Waals surface area (Å²) in [5.74, 6) is -2.75. The van der Waals surface area contributed by atoms with Crippen molar-refractivity contribution in [3.8, 4) is 6.07 Å². The third-order valence-corrected chi connectivity index (χ3v) is 6.89. The molecule has 4 aliphatic rings. The first-order valence-corrected chi connectivity index (χ1v) is 9.72. The number of halogens is 3. The van der Waals surface area contributed by atoms with Gasteiger partial charge in [-0.3, -0.25) is 9.69 Å². The molecule has 1 N–H and O–H groups in total. The molecule has 1 aromatic rings. The highest BCUT2D eigenvalue weighted by molar-refractivity contribution is 6.00. The Morgan fingerprint density at radius 1 is 1.42 bits per heavy atom. The van der Waals surface area contributed by atoms with E-state index in [0.29, 0.717) is 12.0 Å². The highest BCUT2D eigenvalue weighted by atomic mass is 19.4. The van der Waals surface area contributed by atoms with E-state index >= 15 is 0 Å². The van der Waals surface area contributed by atoms with Crippen molar-refractivity contribution in [2.45, 2.75) is 43.4 Å². The molecule has 7 nitrogen and oxygen atoms in total. The van der Waals surface area contributed by atoms with Crippen molar-refractivity contribution >= 4 is 17.6 Å². The van der Waals surface area contributed by atoms with Crippen LogP contribution in [0.5, 0.6) is 0 Å². The molecule has 4 aliphatic heterocycles. The van der Waals surface area contributed by atoms with Gasteiger partial charge in [0, 0.05) is 24.6 Å². The fourth-order valence-corrected chi connectivity index (χ4v) is 5.89. The van der Waals surface area contributed by atoms with Crippen LogP contribution in [-0.2, 0) is 25.2 Å². The average Bonchev–Trinajstić information content (AvgIpc) is 3.24. The molecule has 10 heteroatoms. The van der Waals surface area contributed by atoms with Crippen LogP contribution in [0.2, 0.25) is 0 Å². The molecule has 162 valence electrons. The Bertz CT molecular complexity index is 1090. The maximum absolute atomic E-state index is 13.5. The summed E-state index contributed by atoms with van der Waals surface area (Å²) in [5.41, 5.74) is -3.07. The number of amides is 1. The minimum atomic E-state index is -4.76. The third kappa shape index (κ3) is 2.53. The van der Waals surface area contributed by atoms with Gasteiger partial charge in [-0.05, 0) is 30.7 Å². The van der Waals surface area contributed by atoms with Crippen molar-refractivity contribution in [2.75, 3.05) is 11.5 Å². The molecular formula is C21H17F3N2O5. The van der Waals surface area contributed by atoms with Crippen LogP contribution >= 0.6 is 0 Å². The molecule has 31 heavy (non-hydrogen) atoms. The summed E-state index contributed by atoms with van der Waals surface area (Å²) in [6, 6.07) is 4.67. The molecule has 4 saturated heterocycles. The predicted molar refractivity (Wildman–Crippen MR) is 97.5 cm³/mol. The van der Waals surface area contributed by atoms with Gasteiger partial charge >= 0.3 is 12.1 Å². The fraction of sp³-hybridized carbons (Fsp3) is 0.476. The van der Waals surface area contributed by atoms with Crippen molar-refractivity contribution in [3.05, 3.63) is 41.0 Å². The predicted octanol–water partition coefficient (Wildman–Crippen LogP) is 2.84. The number of carbonyl (C=O) groups excluding carboxylic acids is 1. The largest absolute Gasteiger partial charge is 0.478 e. The lowest BCUT2D eigenvalue weighted by Gasteiger charge is -2.42. The first kappa shape index (κ1) is 20.0. The lowest BCUT2D eigenvalue weighted by atomic mass is 9.64. The van der Waals surface area contributed by atoms with Crippen LogP contribution in [-0.4, -0.2) is 41.0 Å². The zero-order valence-corrected chi connectivity index (χ0v) is 16.3. The molecule has 1 spiro atoms. The summed E-state index contributed by atoms with van der Waals surface area (Å²) in [5, 5.41) is 18.3. The first-order chi connectivity index (χ1) is 14.5. The van der Waals surface area contributed by atoms with Crippen LogP contribution in [0.25, 0.3) is 0 Å². The molecule has 4 heterocycles. The molecule has 0 unspecified atom stereocenters. The second-order valence-corrected chi connectivity index (χ2v) is 8.55. The van der Waals surface area contributed by atoms with Gasteiger partial charge in [0.2, 0.25) is 5.91 Å². The molecule has 2 bridgehead atoms. The quantitative estimate of drug-likeness (QED) is 0.719. The van der Waals surface area contributed by atoms with Gasteiger partial charge in [-0.25, -0.2) is 4.79 Å². The number of carboxylic acid groups (broad SMARTS) is 1. The number of carboxylic acids is 1. The number of hydrogen-bond donors (Lipinski definition) is 1. The van der Waals surface area contributed by atoms with Gasteiger partial charge in [0.1, 0.15) is 11.8 Å². The number of nitriles is 1. The number of anilines is 1. The van der Waals surface area contributed by atoms with Crippen molar-refractivity contribution in [1.29, 1.82) is 5.26 Å². The van der Waals surface area contributed by atoms with E-state index in [2.05, 4.69) is 0 Å². The van der Waals surface area contributed by atoms with Crippen molar-refractivity contribution in [3.63, 3.8) is 0 Å². The maximum Gasteiger partial charge on any atom is 0.417 e. The van der Waals surface area contributed by atoms with E-state index < -0.39 is 58.4 Å². The van der Waals surface area contributed by atoms with Crippen LogP contribution in [0.15, 0.2) is 29.8 Å². The van der Waals surface area contributed by atoms with E-state index in [1.807, 2.05) is 0 Å². The summed E-state index contributed by atoms with van der Waals surface area (Å²) < 4.78 is 52.6. The monoisotopic (exact) mass is 434 g/mol.